The molecule has 232 valence electrons. The molecule has 0 radical (unpaired) electrons. The molecule has 0 saturated heterocycles. The molecule has 3 aliphatic carbocycles. The normalized spacial score (nSPS) is 24.5. The van der Waals surface area contributed by atoms with Crippen LogP contribution in [0, 0.1) is 11.8 Å². The minimum absolute atomic E-state index is 0.0488. The van der Waals surface area contributed by atoms with Gasteiger partial charge < -0.3 is 35.8 Å². The molecule has 44 heavy (non-hydrogen) atoms. The van der Waals surface area contributed by atoms with E-state index in [0.717, 1.165) is 0 Å². The van der Waals surface area contributed by atoms with Crippen molar-refractivity contribution in [2.75, 3.05) is 38.4 Å². The average Bonchev–Trinajstić information content (AvgIpc) is 2.93. The number of benzene rings is 2. The van der Waals surface area contributed by atoms with Crippen LogP contribution in [0.3, 0.4) is 0 Å². The Balaban J connectivity index is 1.63. The first-order valence-corrected chi connectivity index (χ1v) is 13.9. The first-order chi connectivity index (χ1) is 20.6. The smallest absolute Gasteiger partial charge is 0.417 e. The quantitative estimate of drug-likeness (QED) is 0.210. The zero-order chi connectivity index (χ0) is 32.4. The number of nitrogens with one attached hydrogen (secondary N) is 1. The molecular formula is C30H31ClN4O9. The van der Waals surface area contributed by atoms with Crippen molar-refractivity contribution in [2.45, 2.75) is 24.5 Å². The Morgan fingerprint density at radius 1 is 1.09 bits per heavy atom. The number of aromatic hydroxyl groups is 1. The van der Waals surface area contributed by atoms with Crippen LogP contribution in [0.15, 0.2) is 47.2 Å². The number of aliphatic hydroxyl groups is 3. The lowest BCUT2D eigenvalue weighted by atomic mass is 9.57. The number of hydrogen-bond acceptors (Lipinski definition) is 11. The molecule has 0 heterocycles. The third kappa shape index (κ3) is 4.64. The number of halogens is 1. The Hall–Kier alpha value is -4.59. The number of ether oxygens (including phenoxy) is 1. The number of rotatable bonds is 5. The molecule has 3 aliphatic rings. The number of anilines is 2. The van der Waals surface area contributed by atoms with E-state index in [9.17, 15) is 39.6 Å². The number of fused-ring (bicyclic) bond motifs is 3. The molecule has 7 N–H and O–H groups in total. The fourth-order valence-corrected chi connectivity index (χ4v) is 6.66. The number of hydrogen-bond donors (Lipinski definition) is 6. The third-order valence-electron chi connectivity index (χ3n) is 8.44. The summed E-state index contributed by atoms with van der Waals surface area (Å²) in [6, 6.07) is 6.27. The van der Waals surface area contributed by atoms with Crippen molar-refractivity contribution < 1.29 is 44.3 Å². The molecule has 0 aromatic heterocycles. The van der Waals surface area contributed by atoms with Gasteiger partial charge in [0.2, 0.25) is 5.78 Å². The molecule has 2 aromatic carbocycles. The standard InChI is InChI=1S/C30H31ClN4O9/c1-34(2)18-11-17(33-29(42)44-14-7-5-13(31)6-8-14)23(36)20-15(18)9-12-10-16-22(35(3)4)25(38)21(28(32)41)27(40)30(16,43)26(39)19(12)24(20)37/h5-8,11-12,16,22,36-37,40,43H,9-10H2,1-4H3,(H2,32,41)(H,33,42)/t12-,16-,22-,30-/m1/s1. The highest BCUT2D eigenvalue weighted by atomic mass is 35.5. The number of phenolic OH excluding ortho intramolecular Hbond substituents is 1. The highest BCUT2D eigenvalue weighted by Gasteiger charge is 2.64. The second kappa shape index (κ2) is 10.8. The summed E-state index contributed by atoms with van der Waals surface area (Å²) in [5.41, 5.74) is 2.01. The third-order valence-corrected chi connectivity index (χ3v) is 8.69. The van der Waals surface area contributed by atoms with Crippen LogP contribution < -0.4 is 20.7 Å². The van der Waals surface area contributed by atoms with E-state index in [4.69, 9.17) is 22.1 Å². The maximum absolute atomic E-state index is 14.1. The molecule has 14 heteroatoms. The molecule has 13 nitrogen and oxygen atoms in total. The van der Waals surface area contributed by atoms with Gasteiger partial charge in [0.1, 0.15) is 22.8 Å². The number of aliphatic hydroxyl groups excluding tert-OH is 2. The average molecular weight is 627 g/mol. The summed E-state index contributed by atoms with van der Waals surface area (Å²) in [7, 11) is 6.48. The molecule has 5 rings (SSSR count). The molecule has 0 bridgehead atoms. The van der Waals surface area contributed by atoms with Crippen molar-refractivity contribution >= 4 is 52.3 Å². The van der Waals surface area contributed by atoms with Crippen LogP contribution in [0.25, 0.3) is 5.76 Å². The lowest BCUT2D eigenvalue weighted by Gasteiger charge is -2.50. The van der Waals surface area contributed by atoms with Crippen LogP contribution in [0.4, 0.5) is 16.2 Å². The Morgan fingerprint density at radius 3 is 2.30 bits per heavy atom. The van der Waals surface area contributed by atoms with E-state index in [1.54, 1.807) is 19.0 Å². The molecular weight excluding hydrogens is 596 g/mol. The van der Waals surface area contributed by atoms with E-state index in [1.165, 1.54) is 49.3 Å². The molecule has 0 aliphatic heterocycles. The van der Waals surface area contributed by atoms with Gasteiger partial charge in [-0.3, -0.25) is 24.6 Å². The Bertz CT molecular complexity index is 1680. The van der Waals surface area contributed by atoms with Gasteiger partial charge in [0.15, 0.2) is 17.1 Å². The fourth-order valence-electron chi connectivity index (χ4n) is 6.53. The predicted molar refractivity (Wildman–Crippen MR) is 160 cm³/mol. The van der Waals surface area contributed by atoms with E-state index in [2.05, 4.69) is 5.32 Å². The minimum atomic E-state index is -2.76. The number of amides is 2. The topological polar surface area (TPSA) is 203 Å². The minimum Gasteiger partial charge on any atom is -0.508 e. The van der Waals surface area contributed by atoms with Crippen LogP contribution in [0.1, 0.15) is 17.5 Å². The highest BCUT2D eigenvalue weighted by Crippen LogP contribution is 2.54. The number of carbonyl (C=O) groups excluding carboxylic acids is 4. The van der Waals surface area contributed by atoms with Crippen molar-refractivity contribution in [2.24, 2.45) is 17.6 Å². The van der Waals surface area contributed by atoms with Crippen molar-refractivity contribution in [1.29, 1.82) is 0 Å². The van der Waals surface area contributed by atoms with Gasteiger partial charge in [-0.15, -0.1) is 0 Å². The van der Waals surface area contributed by atoms with Crippen LogP contribution in [0.5, 0.6) is 11.5 Å². The molecule has 4 atom stereocenters. The van der Waals surface area contributed by atoms with Gasteiger partial charge >= 0.3 is 6.09 Å². The monoisotopic (exact) mass is 626 g/mol. The maximum atomic E-state index is 14.1. The summed E-state index contributed by atoms with van der Waals surface area (Å²) in [4.78, 5) is 55.3. The number of carbonyl (C=O) groups is 4. The largest absolute Gasteiger partial charge is 0.508 e. The fraction of sp³-hybridized carbons (Fsp3) is 0.333. The van der Waals surface area contributed by atoms with Crippen molar-refractivity contribution in [3.63, 3.8) is 0 Å². The van der Waals surface area contributed by atoms with E-state index >= 15 is 0 Å². The number of Topliss-reactive ketones (excluding diaryl/α,β-unsaturated/α-hetero) is 2. The first kappa shape index (κ1) is 30.9. The molecule has 2 aromatic rings. The Labute approximate surface area is 256 Å². The summed E-state index contributed by atoms with van der Waals surface area (Å²) < 4.78 is 5.26. The van der Waals surface area contributed by atoms with Gasteiger partial charge in [-0.1, -0.05) is 11.6 Å². The van der Waals surface area contributed by atoms with Crippen molar-refractivity contribution in [3.8, 4) is 11.5 Å². The van der Waals surface area contributed by atoms with Crippen LogP contribution in [-0.2, 0) is 20.8 Å². The molecule has 0 unspecified atom stereocenters. The van der Waals surface area contributed by atoms with Crippen molar-refractivity contribution in [1.82, 2.24) is 4.90 Å². The zero-order valence-electron chi connectivity index (χ0n) is 24.2. The number of nitrogens with two attached hydrogens (primary N) is 1. The van der Waals surface area contributed by atoms with Gasteiger partial charge in [-0.05, 0) is 68.8 Å². The van der Waals surface area contributed by atoms with Gasteiger partial charge in [0.05, 0.1) is 17.3 Å². The first-order valence-electron chi connectivity index (χ1n) is 13.5. The molecule has 1 fully saturated rings. The second-order valence-corrected chi connectivity index (χ2v) is 11.9. The Morgan fingerprint density at radius 2 is 1.73 bits per heavy atom. The summed E-state index contributed by atoms with van der Waals surface area (Å²) in [5.74, 6) is -7.48. The zero-order valence-corrected chi connectivity index (χ0v) is 25.0. The van der Waals surface area contributed by atoms with Gasteiger partial charge in [-0.25, -0.2) is 4.79 Å². The van der Waals surface area contributed by atoms with Crippen molar-refractivity contribution in [3.05, 3.63) is 63.4 Å². The molecule has 2 amide bonds. The molecule has 1 saturated carbocycles. The van der Waals surface area contributed by atoms with Crippen LogP contribution in [0.2, 0.25) is 5.02 Å². The van der Waals surface area contributed by atoms with Gasteiger partial charge in [0.25, 0.3) is 5.91 Å². The van der Waals surface area contributed by atoms with Gasteiger partial charge in [0, 0.05) is 36.3 Å². The summed E-state index contributed by atoms with van der Waals surface area (Å²) >= 11 is 5.87. The van der Waals surface area contributed by atoms with Gasteiger partial charge in [-0.2, -0.15) is 0 Å². The second-order valence-electron chi connectivity index (χ2n) is 11.5. The van der Waals surface area contributed by atoms with E-state index < -0.39 is 69.9 Å². The number of nitrogens with zero attached hydrogens (tertiary/aromatic N) is 2. The lowest BCUT2D eigenvalue weighted by molar-refractivity contribution is -0.153. The summed E-state index contributed by atoms with van der Waals surface area (Å²) in [5, 5.41) is 48.5. The number of phenols is 1. The lowest BCUT2D eigenvalue weighted by Crippen LogP contribution is -2.65. The van der Waals surface area contributed by atoms with Crippen LogP contribution in [-0.4, -0.2) is 88.7 Å². The SMILES string of the molecule is CN(C)c1cc(NC(=O)Oc2ccc(Cl)cc2)c(O)c2c1C[C@@H]1C[C@@H]3[C@@H](N(C)C)C(=O)C(C(N)=O)=C(O)[C@]3(O)C(=O)C1=C2O. The Kier molecular flexibility index (Phi) is 7.60. The number of primary amides is 1. The van der Waals surface area contributed by atoms with E-state index in [1.807, 2.05) is 0 Å². The number of ketones is 2. The molecule has 0 spiro atoms. The highest BCUT2D eigenvalue weighted by molar-refractivity contribution is 6.30. The van der Waals surface area contributed by atoms with E-state index in [-0.39, 0.29) is 35.4 Å². The summed E-state index contributed by atoms with van der Waals surface area (Å²) in [6.45, 7) is 0. The predicted octanol–water partition coefficient (Wildman–Crippen LogP) is 2.29. The van der Waals surface area contributed by atoms with Crippen LogP contribution >= 0.6 is 11.6 Å². The maximum Gasteiger partial charge on any atom is 0.417 e. The van der Waals surface area contributed by atoms with E-state index in [0.29, 0.717) is 16.3 Å². The summed E-state index contributed by atoms with van der Waals surface area (Å²) in [6.07, 6.45) is -0.924. The number of likely N-dealkylation sites (N-methyl/N-ethyl adjacent to an activating group) is 1.